The third-order valence-corrected chi connectivity index (χ3v) is 4.88. The van der Waals surface area contributed by atoms with Gasteiger partial charge in [0, 0.05) is 29.4 Å². The summed E-state index contributed by atoms with van der Waals surface area (Å²) in [5.41, 5.74) is 2.89. The van der Waals surface area contributed by atoms with Crippen LogP contribution in [0.15, 0.2) is 48.5 Å². The molecule has 0 aliphatic heterocycles. The van der Waals surface area contributed by atoms with E-state index in [4.69, 9.17) is 0 Å². The van der Waals surface area contributed by atoms with Crippen molar-refractivity contribution in [2.24, 2.45) is 5.92 Å². The maximum atomic E-state index is 12.9. The fourth-order valence-electron chi connectivity index (χ4n) is 3.07. The molecule has 0 atom stereocenters. The van der Waals surface area contributed by atoms with Crippen LogP contribution >= 0.6 is 0 Å². The van der Waals surface area contributed by atoms with Crippen molar-refractivity contribution in [3.63, 3.8) is 0 Å². The van der Waals surface area contributed by atoms with E-state index in [0.29, 0.717) is 17.8 Å². The number of benzene rings is 2. The first kappa shape index (κ1) is 20.6. The van der Waals surface area contributed by atoms with Crippen LogP contribution < -0.4 is 10.6 Å². The van der Waals surface area contributed by atoms with Gasteiger partial charge in [0.1, 0.15) is 6.54 Å². The van der Waals surface area contributed by atoms with Crippen molar-refractivity contribution in [3.05, 3.63) is 59.7 Å². The monoisotopic (exact) mass is 393 g/mol. The Bertz CT molecular complexity index is 888. The molecule has 6 nitrogen and oxygen atoms in total. The van der Waals surface area contributed by atoms with Gasteiger partial charge in [-0.1, -0.05) is 25.1 Å². The average molecular weight is 393 g/mol. The standard InChI is InChI=1S/C23H27N3O3/c1-3-14-26(15-21(27)25-20-7-5-4-6-16(20)2)23(29)18-10-12-19(13-11-18)24-22(28)17-8-9-17/h4-7,10-13,17H,3,8-9,14-15H2,1-2H3,(H,24,28)(H,25,27). The molecule has 0 aromatic heterocycles. The Balaban J connectivity index is 1.62. The molecule has 2 aromatic rings. The maximum Gasteiger partial charge on any atom is 0.254 e. The first-order valence-corrected chi connectivity index (χ1v) is 10.0. The number of aryl methyl sites for hydroxylation is 1. The Labute approximate surface area is 171 Å². The number of nitrogens with zero attached hydrogens (tertiary/aromatic N) is 1. The van der Waals surface area contributed by atoms with E-state index in [1.165, 1.54) is 0 Å². The molecule has 1 aliphatic rings. The van der Waals surface area contributed by atoms with Crippen molar-refractivity contribution in [2.45, 2.75) is 33.1 Å². The normalized spacial score (nSPS) is 12.9. The number of rotatable bonds is 8. The van der Waals surface area contributed by atoms with Crippen LogP contribution in [-0.4, -0.2) is 35.7 Å². The zero-order valence-electron chi connectivity index (χ0n) is 16.9. The summed E-state index contributed by atoms with van der Waals surface area (Å²) in [4.78, 5) is 38.8. The van der Waals surface area contributed by atoms with Gasteiger partial charge in [-0.15, -0.1) is 0 Å². The quantitative estimate of drug-likeness (QED) is 0.715. The lowest BCUT2D eigenvalue weighted by Crippen LogP contribution is -2.38. The minimum atomic E-state index is -0.227. The Hall–Kier alpha value is -3.15. The summed E-state index contributed by atoms with van der Waals surface area (Å²) in [5, 5.41) is 5.73. The van der Waals surface area contributed by atoms with E-state index in [9.17, 15) is 14.4 Å². The van der Waals surface area contributed by atoms with Crippen molar-refractivity contribution < 1.29 is 14.4 Å². The largest absolute Gasteiger partial charge is 0.329 e. The fraction of sp³-hybridized carbons (Fsp3) is 0.348. The Morgan fingerprint density at radius 1 is 1.00 bits per heavy atom. The Kier molecular flexibility index (Phi) is 6.65. The van der Waals surface area contributed by atoms with Gasteiger partial charge in [-0.25, -0.2) is 0 Å². The van der Waals surface area contributed by atoms with Crippen molar-refractivity contribution in [3.8, 4) is 0 Å². The Morgan fingerprint density at radius 3 is 2.31 bits per heavy atom. The first-order chi connectivity index (χ1) is 14.0. The molecule has 0 spiro atoms. The van der Waals surface area contributed by atoms with Gasteiger partial charge in [-0.05, 0) is 62.1 Å². The summed E-state index contributed by atoms with van der Waals surface area (Å²) in [6, 6.07) is 14.4. The lowest BCUT2D eigenvalue weighted by molar-refractivity contribution is -0.117. The fourth-order valence-corrected chi connectivity index (χ4v) is 3.07. The lowest BCUT2D eigenvalue weighted by Gasteiger charge is -2.22. The number of hydrogen-bond donors (Lipinski definition) is 2. The number of amides is 3. The van der Waals surface area contributed by atoms with Crippen LogP contribution in [0.3, 0.4) is 0 Å². The van der Waals surface area contributed by atoms with Gasteiger partial charge in [-0.2, -0.15) is 0 Å². The van der Waals surface area contributed by atoms with E-state index >= 15 is 0 Å². The second-order valence-corrected chi connectivity index (χ2v) is 7.43. The number of carbonyl (C=O) groups is 3. The van der Waals surface area contributed by atoms with Crippen LogP contribution in [0.1, 0.15) is 42.1 Å². The topological polar surface area (TPSA) is 78.5 Å². The van der Waals surface area contributed by atoms with Crippen molar-refractivity contribution in [2.75, 3.05) is 23.7 Å². The third-order valence-electron chi connectivity index (χ3n) is 4.88. The van der Waals surface area contributed by atoms with Crippen LogP contribution in [0.2, 0.25) is 0 Å². The Morgan fingerprint density at radius 2 is 1.69 bits per heavy atom. The van der Waals surface area contributed by atoms with Crippen LogP contribution in [-0.2, 0) is 9.59 Å². The van der Waals surface area contributed by atoms with E-state index in [0.717, 1.165) is 30.5 Å². The van der Waals surface area contributed by atoms with Gasteiger partial charge in [0.25, 0.3) is 5.91 Å². The summed E-state index contributed by atoms with van der Waals surface area (Å²) < 4.78 is 0. The van der Waals surface area contributed by atoms with Crippen LogP contribution in [0.4, 0.5) is 11.4 Å². The van der Waals surface area contributed by atoms with Gasteiger partial charge < -0.3 is 15.5 Å². The smallest absolute Gasteiger partial charge is 0.254 e. The minimum absolute atomic E-state index is 0.0127. The molecule has 0 bridgehead atoms. The number of hydrogen-bond acceptors (Lipinski definition) is 3. The molecule has 0 unspecified atom stereocenters. The molecule has 0 radical (unpaired) electrons. The number of nitrogens with one attached hydrogen (secondary N) is 2. The van der Waals surface area contributed by atoms with Gasteiger partial charge >= 0.3 is 0 Å². The second kappa shape index (κ2) is 9.37. The van der Waals surface area contributed by atoms with Crippen LogP contribution in [0, 0.1) is 12.8 Å². The van der Waals surface area contributed by atoms with E-state index in [1.54, 1.807) is 29.2 Å². The highest BCUT2D eigenvalue weighted by atomic mass is 16.2. The molecular weight excluding hydrogens is 366 g/mol. The molecule has 29 heavy (non-hydrogen) atoms. The zero-order chi connectivity index (χ0) is 20.8. The molecule has 3 rings (SSSR count). The first-order valence-electron chi connectivity index (χ1n) is 10.0. The predicted octanol–water partition coefficient (Wildman–Crippen LogP) is 3.83. The van der Waals surface area contributed by atoms with Gasteiger partial charge in [0.05, 0.1) is 0 Å². The molecule has 0 saturated heterocycles. The van der Waals surface area contributed by atoms with Crippen LogP contribution in [0.25, 0.3) is 0 Å². The van der Waals surface area contributed by atoms with Gasteiger partial charge in [0.15, 0.2) is 0 Å². The van der Waals surface area contributed by atoms with Crippen molar-refractivity contribution in [1.29, 1.82) is 0 Å². The van der Waals surface area contributed by atoms with E-state index in [1.807, 2.05) is 38.1 Å². The molecule has 152 valence electrons. The average Bonchev–Trinajstić information content (AvgIpc) is 3.55. The highest BCUT2D eigenvalue weighted by molar-refractivity contribution is 6.00. The van der Waals surface area contributed by atoms with Crippen molar-refractivity contribution in [1.82, 2.24) is 4.90 Å². The highest BCUT2D eigenvalue weighted by Crippen LogP contribution is 2.30. The van der Waals surface area contributed by atoms with Gasteiger partial charge in [-0.3, -0.25) is 14.4 Å². The molecule has 0 heterocycles. The molecule has 2 N–H and O–H groups in total. The minimum Gasteiger partial charge on any atom is -0.329 e. The molecule has 6 heteroatoms. The predicted molar refractivity (Wildman–Crippen MR) is 114 cm³/mol. The second-order valence-electron chi connectivity index (χ2n) is 7.43. The SMILES string of the molecule is CCCN(CC(=O)Nc1ccccc1C)C(=O)c1ccc(NC(=O)C2CC2)cc1. The zero-order valence-corrected chi connectivity index (χ0v) is 16.9. The van der Waals surface area contributed by atoms with E-state index in [2.05, 4.69) is 10.6 Å². The van der Waals surface area contributed by atoms with Crippen molar-refractivity contribution >= 4 is 29.1 Å². The summed E-state index contributed by atoms with van der Waals surface area (Å²) in [6.07, 6.45) is 2.64. The summed E-state index contributed by atoms with van der Waals surface area (Å²) in [7, 11) is 0. The molecule has 1 aliphatic carbocycles. The number of carbonyl (C=O) groups excluding carboxylic acids is 3. The maximum absolute atomic E-state index is 12.9. The summed E-state index contributed by atoms with van der Waals surface area (Å²) in [5.74, 6) is -0.269. The van der Waals surface area contributed by atoms with E-state index < -0.39 is 0 Å². The third kappa shape index (κ3) is 5.67. The molecule has 2 aromatic carbocycles. The number of para-hydroxylation sites is 1. The number of anilines is 2. The van der Waals surface area contributed by atoms with E-state index in [-0.39, 0.29) is 30.2 Å². The molecular formula is C23H27N3O3. The highest BCUT2D eigenvalue weighted by Gasteiger charge is 2.29. The van der Waals surface area contributed by atoms with Gasteiger partial charge in [0.2, 0.25) is 11.8 Å². The summed E-state index contributed by atoms with van der Waals surface area (Å²) >= 11 is 0. The van der Waals surface area contributed by atoms with Crippen LogP contribution in [0.5, 0.6) is 0 Å². The lowest BCUT2D eigenvalue weighted by atomic mass is 10.1. The molecule has 1 saturated carbocycles. The molecule has 1 fully saturated rings. The summed E-state index contributed by atoms with van der Waals surface area (Å²) in [6.45, 7) is 4.37. The molecule has 3 amide bonds.